The van der Waals surface area contributed by atoms with E-state index in [1.807, 2.05) is 95.6 Å². The Hall–Kier alpha value is -4.24. The van der Waals surface area contributed by atoms with Crippen molar-refractivity contribution in [3.8, 4) is 28.1 Å². The number of pyridine rings is 1. The molecule has 3 aromatic carbocycles. The lowest BCUT2D eigenvalue weighted by Crippen LogP contribution is -2.11. The highest BCUT2D eigenvalue weighted by Gasteiger charge is 2.25. The quantitative estimate of drug-likeness (QED) is 0.318. The van der Waals surface area contributed by atoms with Crippen LogP contribution in [0.4, 0.5) is 0 Å². The summed E-state index contributed by atoms with van der Waals surface area (Å²) in [5.41, 5.74) is 6.02. The molecule has 148 valence electrons. The second kappa shape index (κ2) is 8.25. The molecule has 3 nitrogen and oxygen atoms in total. The summed E-state index contributed by atoms with van der Waals surface area (Å²) < 4.78 is 2.03. The Morgan fingerprint density at radius 2 is 1.29 bits per heavy atom. The number of nitrogens with zero attached hydrogens (tertiary/aromatic N) is 2. The average Bonchev–Trinajstić information content (AvgIpc) is 3.26. The maximum atomic E-state index is 13.8. The molecule has 0 unspecified atom stereocenters. The molecule has 0 aliphatic rings. The van der Waals surface area contributed by atoms with Crippen LogP contribution in [0.5, 0.6) is 0 Å². The van der Waals surface area contributed by atoms with E-state index in [1.54, 1.807) is 12.4 Å². The fourth-order valence-electron chi connectivity index (χ4n) is 3.87. The Bertz CT molecular complexity index is 1310. The Morgan fingerprint density at radius 1 is 0.677 bits per heavy atom. The van der Waals surface area contributed by atoms with Crippen molar-refractivity contribution in [3.05, 3.63) is 133 Å². The molecule has 0 saturated carbocycles. The summed E-state index contributed by atoms with van der Waals surface area (Å²) in [4.78, 5) is 18.2. The van der Waals surface area contributed by atoms with E-state index < -0.39 is 0 Å². The van der Waals surface area contributed by atoms with Crippen molar-refractivity contribution in [1.82, 2.24) is 9.55 Å². The van der Waals surface area contributed by atoms with Crippen LogP contribution in [-0.2, 0) is 0 Å². The maximum Gasteiger partial charge on any atom is 0.210 e. The summed E-state index contributed by atoms with van der Waals surface area (Å²) in [5, 5.41) is 0. The van der Waals surface area contributed by atoms with E-state index >= 15 is 0 Å². The molecule has 31 heavy (non-hydrogen) atoms. The fraction of sp³-hybridized carbons (Fsp3) is 0. The zero-order chi connectivity index (χ0) is 21.0. The van der Waals surface area contributed by atoms with E-state index in [2.05, 4.69) is 23.2 Å². The lowest BCUT2D eigenvalue weighted by molar-refractivity contribution is 0.103. The molecular weight excluding hydrogens is 380 g/mol. The monoisotopic (exact) mass is 400 g/mol. The maximum absolute atomic E-state index is 13.8. The number of benzene rings is 3. The van der Waals surface area contributed by atoms with Crippen LogP contribution >= 0.6 is 0 Å². The number of hydrogen-bond acceptors (Lipinski definition) is 2. The Kier molecular flexibility index (Phi) is 4.99. The van der Waals surface area contributed by atoms with Gasteiger partial charge in [0, 0.05) is 17.3 Å². The molecule has 2 aromatic heterocycles. The van der Waals surface area contributed by atoms with Gasteiger partial charge in [0.05, 0.1) is 17.6 Å². The van der Waals surface area contributed by atoms with Gasteiger partial charge < -0.3 is 4.57 Å². The summed E-state index contributed by atoms with van der Waals surface area (Å²) >= 11 is 0. The molecular formula is C28H20N2O. The van der Waals surface area contributed by atoms with E-state index in [0.717, 1.165) is 28.1 Å². The van der Waals surface area contributed by atoms with Gasteiger partial charge in [0.25, 0.3) is 0 Å². The molecule has 0 spiro atoms. The molecule has 0 fully saturated rings. The first-order valence-electron chi connectivity index (χ1n) is 10.2. The van der Waals surface area contributed by atoms with E-state index in [1.165, 1.54) is 0 Å². The van der Waals surface area contributed by atoms with Crippen LogP contribution in [0.3, 0.4) is 0 Å². The largest absolute Gasteiger partial charge is 0.304 e. The molecule has 0 radical (unpaired) electrons. The lowest BCUT2D eigenvalue weighted by Gasteiger charge is -2.14. The van der Waals surface area contributed by atoms with Gasteiger partial charge in [-0.2, -0.15) is 0 Å². The lowest BCUT2D eigenvalue weighted by atomic mass is 10.00. The van der Waals surface area contributed by atoms with Gasteiger partial charge in [-0.15, -0.1) is 0 Å². The van der Waals surface area contributed by atoms with Gasteiger partial charge in [-0.05, 0) is 29.3 Å². The summed E-state index contributed by atoms with van der Waals surface area (Å²) in [6, 6.07) is 35.6. The molecule has 2 heterocycles. The van der Waals surface area contributed by atoms with Gasteiger partial charge in [0.2, 0.25) is 5.78 Å². The first kappa shape index (κ1) is 18.8. The summed E-state index contributed by atoms with van der Waals surface area (Å²) in [7, 11) is 0. The number of rotatable bonds is 5. The van der Waals surface area contributed by atoms with Crippen LogP contribution in [0.15, 0.2) is 122 Å². The van der Waals surface area contributed by atoms with Gasteiger partial charge in [-0.25, -0.2) is 0 Å². The van der Waals surface area contributed by atoms with Crippen LogP contribution in [0.1, 0.15) is 16.1 Å². The Balaban J connectivity index is 1.86. The molecule has 0 saturated heterocycles. The van der Waals surface area contributed by atoms with Crippen LogP contribution in [0.2, 0.25) is 0 Å². The van der Waals surface area contributed by atoms with Crippen molar-refractivity contribution in [2.75, 3.05) is 0 Å². The molecule has 0 amide bonds. The minimum absolute atomic E-state index is 0.0227. The van der Waals surface area contributed by atoms with Crippen molar-refractivity contribution in [3.63, 3.8) is 0 Å². The standard InChI is InChI=1S/C28H20N2O/c31-28(23-15-8-3-9-16-23)27-25(21-11-4-1-5-12-21)19-26(22-13-6-2-7-14-22)30(27)24-17-10-18-29-20-24/h1-20H. The second-order valence-electron chi connectivity index (χ2n) is 7.27. The zero-order valence-corrected chi connectivity index (χ0v) is 16.8. The molecule has 0 bridgehead atoms. The SMILES string of the molecule is O=C(c1ccccc1)c1c(-c2ccccc2)cc(-c2ccccc2)n1-c1cccnc1. The number of aromatic nitrogens is 2. The number of ketones is 1. The average molecular weight is 400 g/mol. The third-order valence-corrected chi connectivity index (χ3v) is 5.31. The number of carbonyl (C=O) groups excluding carboxylic acids is 1. The highest BCUT2D eigenvalue weighted by atomic mass is 16.1. The minimum atomic E-state index is -0.0227. The molecule has 0 atom stereocenters. The van der Waals surface area contributed by atoms with Crippen LogP contribution in [0.25, 0.3) is 28.1 Å². The van der Waals surface area contributed by atoms with Gasteiger partial charge in [-0.1, -0.05) is 91.0 Å². The normalized spacial score (nSPS) is 10.7. The van der Waals surface area contributed by atoms with Gasteiger partial charge in [-0.3, -0.25) is 9.78 Å². The third-order valence-electron chi connectivity index (χ3n) is 5.31. The van der Waals surface area contributed by atoms with E-state index in [9.17, 15) is 4.79 Å². The van der Waals surface area contributed by atoms with Gasteiger partial charge >= 0.3 is 0 Å². The molecule has 3 heteroatoms. The molecule has 5 aromatic rings. The highest BCUT2D eigenvalue weighted by Crippen LogP contribution is 2.36. The Labute approximate surface area is 181 Å². The topological polar surface area (TPSA) is 34.9 Å². The van der Waals surface area contributed by atoms with Crippen molar-refractivity contribution < 1.29 is 4.79 Å². The number of hydrogen-bond donors (Lipinski definition) is 0. The fourth-order valence-corrected chi connectivity index (χ4v) is 3.87. The Morgan fingerprint density at radius 3 is 1.90 bits per heavy atom. The van der Waals surface area contributed by atoms with Crippen molar-refractivity contribution in [1.29, 1.82) is 0 Å². The first-order chi connectivity index (χ1) is 15.3. The molecule has 0 N–H and O–H groups in total. The van der Waals surface area contributed by atoms with Crippen molar-refractivity contribution in [2.45, 2.75) is 0 Å². The smallest absolute Gasteiger partial charge is 0.210 e. The van der Waals surface area contributed by atoms with E-state index in [4.69, 9.17) is 0 Å². The third kappa shape index (κ3) is 3.58. The second-order valence-corrected chi connectivity index (χ2v) is 7.27. The van der Waals surface area contributed by atoms with Crippen LogP contribution in [-0.4, -0.2) is 15.3 Å². The van der Waals surface area contributed by atoms with Crippen LogP contribution < -0.4 is 0 Å². The molecule has 5 rings (SSSR count). The highest BCUT2D eigenvalue weighted by molar-refractivity contribution is 6.13. The van der Waals surface area contributed by atoms with Crippen molar-refractivity contribution >= 4 is 5.78 Å². The van der Waals surface area contributed by atoms with Crippen molar-refractivity contribution in [2.24, 2.45) is 0 Å². The van der Waals surface area contributed by atoms with E-state index in [0.29, 0.717) is 11.3 Å². The predicted molar refractivity (Wildman–Crippen MR) is 124 cm³/mol. The van der Waals surface area contributed by atoms with Gasteiger partial charge in [0.15, 0.2) is 0 Å². The summed E-state index contributed by atoms with van der Waals surface area (Å²) in [6.45, 7) is 0. The number of carbonyl (C=O) groups is 1. The summed E-state index contributed by atoms with van der Waals surface area (Å²) in [5.74, 6) is -0.0227. The van der Waals surface area contributed by atoms with E-state index in [-0.39, 0.29) is 5.78 Å². The first-order valence-corrected chi connectivity index (χ1v) is 10.2. The molecule has 0 aliphatic carbocycles. The summed E-state index contributed by atoms with van der Waals surface area (Å²) in [6.07, 6.45) is 3.54. The van der Waals surface area contributed by atoms with Crippen LogP contribution in [0, 0.1) is 0 Å². The molecule has 0 aliphatic heterocycles. The predicted octanol–water partition coefficient (Wildman–Crippen LogP) is 6.44. The van der Waals surface area contributed by atoms with Gasteiger partial charge in [0.1, 0.15) is 5.69 Å². The zero-order valence-electron chi connectivity index (χ0n) is 16.8. The minimum Gasteiger partial charge on any atom is -0.304 e.